The van der Waals surface area contributed by atoms with E-state index in [1.165, 1.54) is 0 Å². The standard InChI is InChI=1S/C12H19BrN2O3/c1-9(4-3-7-16)14-12(17)15(2)8-10-5-6-11(13)18-10/h5-6,9,16H,3-4,7-8H2,1-2H3,(H,14,17). The maximum atomic E-state index is 11.8. The van der Waals surface area contributed by atoms with E-state index in [0.29, 0.717) is 17.6 Å². The van der Waals surface area contributed by atoms with Crippen molar-refractivity contribution in [2.45, 2.75) is 32.4 Å². The van der Waals surface area contributed by atoms with Crippen LogP contribution >= 0.6 is 15.9 Å². The van der Waals surface area contributed by atoms with E-state index in [9.17, 15) is 4.79 Å². The average Bonchev–Trinajstić information content (AvgIpc) is 2.72. The van der Waals surface area contributed by atoms with Crippen molar-refractivity contribution in [1.82, 2.24) is 10.2 Å². The number of nitrogens with one attached hydrogen (secondary N) is 1. The molecule has 18 heavy (non-hydrogen) atoms. The highest BCUT2D eigenvalue weighted by Gasteiger charge is 2.13. The molecule has 0 aliphatic heterocycles. The van der Waals surface area contributed by atoms with E-state index in [-0.39, 0.29) is 18.7 Å². The molecule has 2 N–H and O–H groups in total. The number of carbonyl (C=O) groups excluding carboxylic acids is 1. The van der Waals surface area contributed by atoms with Gasteiger partial charge in [-0.25, -0.2) is 4.79 Å². The van der Waals surface area contributed by atoms with Crippen LogP contribution in [0.15, 0.2) is 21.2 Å². The second-order valence-corrected chi connectivity index (χ2v) is 5.06. The number of rotatable bonds is 6. The number of urea groups is 1. The van der Waals surface area contributed by atoms with Crippen LogP contribution in [0.3, 0.4) is 0 Å². The number of amides is 2. The molecular weight excluding hydrogens is 300 g/mol. The number of aliphatic hydroxyl groups excluding tert-OH is 1. The van der Waals surface area contributed by atoms with Gasteiger partial charge in [-0.05, 0) is 47.8 Å². The van der Waals surface area contributed by atoms with E-state index in [1.54, 1.807) is 18.0 Å². The zero-order chi connectivity index (χ0) is 13.5. The third-order valence-corrected chi connectivity index (χ3v) is 2.96. The van der Waals surface area contributed by atoms with Gasteiger partial charge in [0.1, 0.15) is 5.76 Å². The second kappa shape index (κ2) is 7.43. The molecule has 1 aromatic heterocycles. The van der Waals surface area contributed by atoms with Crippen LogP contribution in [-0.4, -0.2) is 35.7 Å². The number of aliphatic hydroxyl groups is 1. The summed E-state index contributed by atoms with van der Waals surface area (Å²) in [7, 11) is 1.71. The summed E-state index contributed by atoms with van der Waals surface area (Å²) in [5.41, 5.74) is 0. The van der Waals surface area contributed by atoms with E-state index < -0.39 is 0 Å². The first kappa shape index (κ1) is 15.0. The first-order chi connectivity index (χ1) is 8.52. The first-order valence-electron chi connectivity index (χ1n) is 5.89. The second-order valence-electron chi connectivity index (χ2n) is 4.28. The number of hydrogen-bond donors (Lipinski definition) is 2. The Balaban J connectivity index is 2.36. The Labute approximate surface area is 115 Å². The molecule has 1 heterocycles. The molecule has 5 nitrogen and oxygen atoms in total. The maximum Gasteiger partial charge on any atom is 0.317 e. The van der Waals surface area contributed by atoms with Gasteiger partial charge in [0.2, 0.25) is 0 Å². The first-order valence-corrected chi connectivity index (χ1v) is 6.69. The van der Waals surface area contributed by atoms with Gasteiger partial charge in [0, 0.05) is 19.7 Å². The van der Waals surface area contributed by atoms with Crippen molar-refractivity contribution in [3.8, 4) is 0 Å². The van der Waals surface area contributed by atoms with Gasteiger partial charge in [-0.3, -0.25) is 0 Å². The summed E-state index contributed by atoms with van der Waals surface area (Å²) in [6, 6.07) is 3.52. The summed E-state index contributed by atoms with van der Waals surface area (Å²) in [6.45, 7) is 2.49. The molecule has 1 unspecified atom stereocenters. The summed E-state index contributed by atoms with van der Waals surface area (Å²) >= 11 is 3.22. The highest BCUT2D eigenvalue weighted by atomic mass is 79.9. The Bertz CT molecular complexity index is 381. The van der Waals surface area contributed by atoms with Gasteiger partial charge in [0.15, 0.2) is 4.67 Å². The fourth-order valence-corrected chi connectivity index (χ4v) is 1.87. The molecule has 2 amide bonds. The lowest BCUT2D eigenvalue weighted by molar-refractivity contribution is 0.197. The molecule has 0 aliphatic carbocycles. The van der Waals surface area contributed by atoms with Crippen molar-refractivity contribution in [3.63, 3.8) is 0 Å². The Hall–Kier alpha value is -1.01. The molecule has 0 radical (unpaired) electrons. The lowest BCUT2D eigenvalue weighted by Gasteiger charge is -2.20. The number of halogens is 1. The van der Waals surface area contributed by atoms with E-state index in [0.717, 1.165) is 12.2 Å². The normalized spacial score (nSPS) is 12.2. The largest absolute Gasteiger partial charge is 0.452 e. The van der Waals surface area contributed by atoms with Gasteiger partial charge < -0.3 is 19.7 Å². The molecule has 1 aromatic rings. The summed E-state index contributed by atoms with van der Waals surface area (Å²) < 4.78 is 5.99. The summed E-state index contributed by atoms with van der Waals surface area (Å²) in [5.74, 6) is 0.725. The minimum Gasteiger partial charge on any atom is -0.452 e. The predicted octanol–water partition coefficient (Wildman–Crippen LogP) is 2.34. The Morgan fingerprint density at radius 2 is 2.33 bits per heavy atom. The van der Waals surface area contributed by atoms with E-state index in [4.69, 9.17) is 9.52 Å². The summed E-state index contributed by atoms with van der Waals surface area (Å²) in [6.07, 6.45) is 1.46. The molecule has 102 valence electrons. The van der Waals surface area contributed by atoms with Crippen LogP contribution in [-0.2, 0) is 6.54 Å². The van der Waals surface area contributed by atoms with Gasteiger partial charge in [-0.1, -0.05) is 0 Å². The lowest BCUT2D eigenvalue weighted by Crippen LogP contribution is -2.41. The Morgan fingerprint density at radius 3 is 2.89 bits per heavy atom. The van der Waals surface area contributed by atoms with Crippen molar-refractivity contribution in [1.29, 1.82) is 0 Å². The smallest absolute Gasteiger partial charge is 0.317 e. The van der Waals surface area contributed by atoms with Crippen molar-refractivity contribution >= 4 is 22.0 Å². The Morgan fingerprint density at radius 1 is 1.61 bits per heavy atom. The van der Waals surface area contributed by atoms with Crippen molar-refractivity contribution in [2.24, 2.45) is 0 Å². The number of hydrogen-bond acceptors (Lipinski definition) is 3. The van der Waals surface area contributed by atoms with Crippen LogP contribution in [0.1, 0.15) is 25.5 Å². The quantitative estimate of drug-likeness (QED) is 0.846. The predicted molar refractivity (Wildman–Crippen MR) is 72.2 cm³/mol. The van der Waals surface area contributed by atoms with Crippen LogP contribution in [0.4, 0.5) is 4.79 Å². The van der Waals surface area contributed by atoms with Gasteiger partial charge in [0.05, 0.1) is 6.54 Å². The fourth-order valence-electron chi connectivity index (χ4n) is 1.53. The van der Waals surface area contributed by atoms with E-state index in [2.05, 4.69) is 21.2 Å². The third kappa shape index (κ3) is 5.10. The molecule has 1 rings (SSSR count). The molecule has 6 heteroatoms. The molecule has 0 spiro atoms. The molecule has 0 saturated carbocycles. The van der Waals surface area contributed by atoms with Crippen molar-refractivity contribution in [3.05, 3.63) is 22.6 Å². The minimum absolute atomic E-state index is 0.0513. The van der Waals surface area contributed by atoms with E-state index >= 15 is 0 Å². The zero-order valence-corrected chi connectivity index (χ0v) is 12.2. The summed E-state index contributed by atoms with van der Waals surface area (Å²) in [4.78, 5) is 13.4. The van der Waals surface area contributed by atoms with Gasteiger partial charge in [-0.15, -0.1) is 0 Å². The number of carbonyl (C=O) groups is 1. The fraction of sp³-hybridized carbons (Fsp3) is 0.583. The minimum atomic E-state index is -0.145. The monoisotopic (exact) mass is 318 g/mol. The molecule has 1 atom stereocenters. The summed E-state index contributed by atoms with van der Waals surface area (Å²) in [5, 5.41) is 11.6. The van der Waals surface area contributed by atoms with Crippen LogP contribution in [0.2, 0.25) is 0 Å². The SMILES string of the molecule is CC(CCCO)NC(=O)N(C)Cc1ccc(Br)o1. The van der Waals surface area contributed by atoms with Crippen molar-refractivity contribution < 1.29 is 14.3 Å². The average molecular weight is 319 g/mol. The van der Waals surface area contributed by atoms with Crippen molar-refractivity contribution in [2.75, 3.05) is 13.7 Å². The molecule has 0 saturated heterocycles. The Kier molecular flexibility index (Phi) is 6.21. The molecule has 0 aromatic carbocycles. The number of furan rings is 1. The van der Waals surface area contributed by atoms with Crippen LogP contribution < -0.4 is 5.32 Å². The highest BCUT2D eigenvalue weighted by molar-refractivity contribution is 9.10. The zero-order valence-electron chi connectivity index (χ0n) is 10.6. The molecular formula is C12H19BrN2O3. The number of nitrogens with zero attached hydrogens (tertiary/aromatic N) is 1. The van der Waals surface area contributed by atoms with Gasteiger partial charge >= 0.3 is 6.03 Å². The van der Waals surface area contributed by atoms with Crippen LogP contribution in [0.25, 0.3) is 0 Å². The van der Waals surface area contributed by atoms with E-state index in [1.807, 2.05) is 13.0 Å². The lowest BCUT2D eigenvalue weighted by atomic mass is 10.2. The topological polar surface area (TPSA) is 65.7 Å². The highest BCUT2D eigenvalue weighted by Crippen LogP contribution is 2.15. The molecule has 0 aliphatic rings. The maximum absolute atomic E-state index is 11.8. The van der Waals surface area contributed by atoms with Gasteiger partial charge in [0.25, 0.3) is 0 Å². The van der Waals surface area contributed by atoms with Crippen LogP contribution in [0.5, 0.6) is 0 Å². The molecule has 0 fully saturated rings. The third-order valence-electron chi connectivity index (χ3n) is 2.53. The van der Waals surface area contributed by atoms with Gasteiger partial charge in [-0.2, -0.15) is 0 Å². The van der Waals surface area contributed by atoms with Crippen LogP contribution in [0, 0.1) is 0 Å². The molecule has 0 bridgehead atoms.